The highest BCUT2D eigenvalue weighted by Gasteiger charge is 2.69. The van der Waals surface area contributed by atoms with Gasteiger partial charge in [0.05, 0.1) is 6.26 Å². The predicted molar refractivity (Wildman–Crippen MR) is 92.7 cm³/mol. The van der Waals surface area contributed by atoms with Crippen LogP contribution in [-0.2, 0) is 24.4 Å². The summed E-state index contributed by atoms with van der Waals surface area (Å²) in [5.74, 6) is -1.66. The van der Waals surface area contributed by atoms with Crippen LogP contribution in [0.4, 0.5) is 22.0 Å². The van der Waals surface area contributed by atoms with Crippen LogP contribution in [0.15, 0.2) is 12.3 Å². The molecule has 4 aliphatic carbocycles. The van der Waals surface area contributed by atoms with Crippen LogP contribution in [0.5, 0.6) is 0 Å². The van der Waals surface area contributed by atoms with Gasteiger partial charge in [-0.1, -0.05) is 13.0 Å². The van der Waals surface area contributed by atoms with Crippen LogP contribution in [0, 0.1) is 23.2 Å². The second-order valence-electron chi connectivity index (χ2n) is 8.46. The van der Waals surface area contributed by atoms with Crippen molar-refractivity contribution in [2.45, 2.75) is 69.1 Å². The zero-order chi connectivity index (χ0) is 22.5. The smallest absolute Gasteiger partial charge is 0.432 e. The Morgan fingerprint density at radius 2 is 1.73 bits per heavy atom. The molecule has 1 N–H and O–H groups in total. The van der Waals surface area contributed by atoms with E-state index in [1.54, 1.807) is 6.08 Å². The summed E-state index contributed by atoms with van der Waals surface area (Å²) in [6, 6.07) is 0. The fourth-order valence-electron chi connectivity index (χ4n) is 5.44. The first-order valence-corrected chi connectivity index (χ1v) is 11.1. The highest BCUT2D eigenvalue weighted by atomic mass is 32.2. The fourth-order valence-corrected chi connectivity index (χ4v) is 5.89. The van der Waals surface area contributed by atoms with E-state index in [2.05, 4.69) is 4.74 Å². The Bertz CT molecular complexity index is 794. The van der Waals surface area contributed by atoms with Crippen LogP contribution in [0.3, 0.4) is 0 Å². The van der Waals surface area contributed by atoms with Gasteiger partial charge in [0.2, 0.25) is 0 Å². The van der Waals surface area contributed by atoms with E-state index in [9.17, 15) is 35.2 Å². The van der Waals surface area contributed by atoms with E-state index in [4.69, 9.17) is 9.29 Å². The quantitative estimate of drug-likeness (QED) is 0.266. The summed E-state index contributed by atoms with van der Waals surface area (Å²) in [5, 5.41) is -5.75. The second kappa shape index (κ2) is 7.61. The van der Waals surface area contributed by atoms with E-state index >= 15 is 0 Å². The van der Waals surface area contributed by atoms with Gasteiger partial charge in [0.1, 0.15) is 11.5 Å². The third-order valence-corrected chi connectivity index (χ3v) is 7.25. The second-order valence-corrected chi connectivity index (χ2v) is 9.96. The molecule has 12 heteroatoms. The van der Waals surface area contributed by atoms with E-state index in [0.717, 1.165) is 6.42 Å². The Morgan fingerprint density at radius 3 is 2.20 bits per heavy atom. The number of carbonyl (C=O) groups is 1. The summed E-state index contributed by atoms with van der Waals surface area (Å²) in [6.45, 7) is 1.83. The van der Waals surface area contributed by atoms with Crippen LogP contribution in [0.25, 0.3) is 0 Å². The van der Waals surface area contributed by atoms with Crippen LogP contribution < -0.4 is 0 Å². The third kappa shape index (κ3) is 3.92. The maximum absolute atomic E-state index is 13.9. The molecule has 4 aliphatic rings. The molecule has 4 rings (SSSR count). The molecule has 6 nitrogen and oxygen atoms in total. The van der Waals surface area contributed by atoms with Gasteiger partial charge in [0, 0.05) is 0 Å². The first-order valence-electron chi connectivity index (χ1n) is 9.65. The topological polar surface area (TPSA) is 89.9 Å². The summed E-state index contributed by atoms with van der Waals surface area (Å²) < 4.78 is 108. The minimum Gasteiger partial charge on any atom is -0.497 e. The standard InChI is InChI=1S/C18H23F5O6S/c1-2-3-4-28-13-12-6-10-5-11(7-12)9-16(13,8-10)15(24)29-14(17(19,20)21)18(22,23)30(25,26)27/h3-4,10-14H,2,5-9H2,1H3,(H,25,26,27). The van der Waals surface area contributed by atoms with Crippen molar-refractivity contribution in [3.05, 3.63) is 12.3 Å². The first-order chi connectivity index (χ1) is 13.7. The van der Waals surface area contributed by atoms with Gasteiger partial charge in [-0.15, -0.1) is 0 Å². The van der Waals surface area contributed by atoms with Gasteiger partial charge in [-0.3, -0.25) is 9.35 Å². The number of alkyl halides is 5. The molecule has 30 heavy (non-hydrogen) atoms. The van der Waals surface area contributed by atoms with E-state index in [1.165, 1.54) is 6.26 Å². The molecule has 0 saturated heterocycles. The van der Waals surface area contributed by atoms with Gasteiger partial charge in [0.15, 0.2) is 0 Å². The number of carbonyl (C=O) groups excluding carboxylic acids is 1. The van der Waals surface area contributed by atoms with E-state index < -0.39 is 45.1 Å². The normalized spacial score (nSPS) is 34.9. The molecule has 4 saturated carbocycles. The van der Waals surface area contributed by atoms with Crippen molar-refractivity contribution < 1.29 is 49.2 Å². The van der Waals surface area contributed by atoms with Crippen molar-refractivity contribution >= 4 is 16.1 Å². The van der Waals surface area contributed by atoms with Gasteiger partial charge < -0.3 is 9.47 Å². The Balaban J connectivity index is 1.94. The van der Waals surface area contributed by atoms with Gasteiger partial charge in [-0.25, -0.2) is 0 Å². The minimum atomic E-state index is -6.49. The minimum absolute atomic E-state index is 0.0245. The van der Waals surface area contributed by atoms with E-state index in [0.29, 0.717) is 19.3 Å². The molecule has 4 bridgehead atoms. The van der Waals surface area contributed by atoms with E-state index in [1.807, 2.05) is 6.92 Å². The fraction of sp³-hybridized carbons (Fsp3) is 0.833. The predicted octanol–water partition coefficient (Wildman–Crippen LogP) is 4.08. The molecule has 0 amide bonds. The average molecular weight is 462 g/mol. The van der Waals surface area contributed by atoms with Crippen molar-refractivity contribution in [1.82, 2.24) is 0 Å². The van der Waals surface area contributed by atoms with Crippen LogP contribution in [-0.4, -0.2) is 42.6 Å². The Morgan fingerprint density at radius 1 is 1.17 bits per heavy atom. The van der Waals surface area contributed by atoms with Crippen molar-refractivity contribution in [3.63, 3.8) is 0 Å². The lowest BCUT2D eigenvalue weighted by Crippen LogP contribution is -2.62. The first kappa shape index (κ1) is 23.2. The summed E-state index contributed by atoms with van der Waals surface area (Å²) >= 11 is 0. The molecule has 172 valence electrons. The van der Waals surface area contributed by atoms with Crippen LogP contribution in [0.2, 0.25) is 0 Å². The lowest BCUT2D eigenvalue weighted by molar-refractivity contribution is -0.271. The largest absolute Gasteiger partial charge is 0.497 e. The van der Waals surface area contributed by atoms with Crippen molar-refractivity contribution in [3.8, 4) is 0 Å². The van der Waals surface area contributed by atoms with Gasteiger partial charge in [-0.05, 0) is 56.3 Å². The maximum Gasteiger partial charge on any atom is 0.432 e. The molecule has 4 atom stereocenters. The SMILES string of the molecule is CCC=COC1C2CC3CC(C2)CC1(C(=O)OC(C(F)(F)F)C(F)(F)S(=O)(=O)O)C3. The molecule has 0 aromatic heterocycles. The van der Waals surface area contributed by atoms with E-state index in [-0.39, 0.29) is 30.6 Å². The Labute approximate surface area is 170 Å². The molecule has 0 spiro atoms. The molecule has 0 aromatic carbocycles. The monoisotopic (exact) mass is 462 g/mol. The van der Waals surface area contributed by atoms with Gasteiger partial charge >= 0.3 is 27.5 Å². The third-order valence-electron chi connectivity index (χ3n) is 6.35. The lowest BCUT2D eigenvalue weighted by Gasteiger charge is -2.58. The molecule has 0 heterocycles. The zero-order valence-corrected chi connectivity index (χ0v) is 16.9. The number of rotatable bonds is 7. The van der Waals surface area contributed by atoms with Gasteiger partial charge in [0.25, 0.3) is 6.10 Å². The molecule has 4 fully saturated rings. The van der Waals surface area contributed by atoms with Crippen LogP contribution >= 0.6 is 0 Å². The van der Waals surface area contributed by atoms with Crippen molar-refractivity contribution in [2.75, 3.05) is 0 Å². The molecular formula is C18H23F5O6S. The molecular weight excluding hydrogens is 439 g/mol. The highest BCUT2D eigenvalue weighted by molar-refractivity contribution is 7.86. The number of hydrogen-bond acceptors (Lipinski definition) is 5. The average Bonchev–Trinajstić information content (AvgIpc) is 2.59. The van der Waals surface area contributed by atoms with Crippen LogP contribution in [0.1, 0.15) is 45.4 Å². The maximum atomic E-state index is 13.9. The molecule has 4 unspecified atom stereocenters. The molecule has 0 aliphatic heterocycles. The Kier molecular flexibility index (Phi) is 5.90. The molecule has 0 aromatic rings. The number of allylic oxidation sites excluding steroid dienone is 1. The van der Waals surface area contributed by atoms with Gasteiger partial charge in [-0.2, -0.15) is 30.4 Å². The number of ether oxygens (including phenoxy) is 2. The number of esters is 1. The molecule has 0 radical (unpaired) electrons. The summed E-state index contributed by atoms with van der Waals surface area (Å²) in [7, 11) is -6.49. The Hall–Kier alpha value is -1.43. The number of hydrogen-bond donors (Lipinski definition) is 1. The lowest BCUT2D eigenvalue weighted by atomic mass is 9.48. The summed E-state index contributed by atoms with van der Waals surface area (Å²) in [6.07, 6.45) is -5.07. The summed E-state index contributed by atoms with van der Waals surface area (Å²) in [5.41, 5.74) is -1.58. The van der Waals surface area contributed by atoms with Crippen molar-refractivity contribution in [2.24, 2.45) is 23.2 Å². The summed E-state index contributed by atoms with van der Waals surface area (Å²) in [4.78, 5) is 12.9. The zero-order valence-electron chi connectivity index (χ0n) is 16.1. The highest BCUT2D eigenvalue weighted by Crippen LogP contribution is 2.61. The number of halogens is 5. The van der Waals surface area contributed by atoms with Crippen molar-refractivity contribution in [1.29, 1.82) is 0 Å².